The standard InChI is InChI=1S/C16H28N3PS4/c1-10(21)13-17-12(8-22-13)20-19-11(7-24-20)6-15(2,3)14-18-16(4,5)9-23-14/h10-12,19,21H,6-9H2,1-5H3. The fraction of sp³-hybridized carbons (Fsp3) is 0.875. The van der Waals surface area contributed by atoms with Crippen molar-refractivity contribution in [2.75, 3.05) is 17.3 Å². The Balaban J connectivity index is 1.57. The van der Waals surface area contributed by atoms with E-state index in [0.29, 0.717) is 11.8 Å². The molecule has 1 N–H and O–H groups in total. The lowest BCUT2D eigenvalue weighted by Gasteiger charge is -2.28. The monoisotopic (exact) mass is 421 g/mol. The summed E-state index contributed by atoms with van der Waals surface area (Å²) in [5.74, 6) is 3.91. The van der Waals surface area contributed by atoms with Crippen molar-refractivity contribution in [1.29, 1.82) is 0 Å². The highest BCUT2D eigenvalue weighted by Crippen LogP contribution is 2.59. The smallest absolute Gasteiger partial charge is 0.102 e. The first-order valence-electron chi connectivity index (χ1n) is 8.46. The molecular weight excluding hydrogens is 393 g/mol. The van der Waals surface area contributed by atoms with Gasteiger partial charge >= 0.3 is 0 Å². The molecule has 8 heteroatoms. The first kappa shape index (κ1) is 19.9. The molecule has 0 aliphatic carbocycles. The quantitative estimate of drug-likeness (QED) is 0.476. The number of nitrogens with one attached hydrogen (secondary N) is 1. The molecule has 3 aliphatic heterocycles. The Hall–Kier alpha value is 1.13. The van der Waals surface area contributed by atoms with Gasteiger partial charge in [0.2, 0.25) is 0 Å². The molecule has 0 aromatic heterocycles. The second-order valence-corrected chi connectivity index (χ2v) is 14.8. The molecule has 0 aromatic carbocycles. The van der Waals surface area contributed by atoms with Crippen molar-refractivity contribution in [2.45, 2.75) is 63.7 Å². The van der Waals surface area contributed by atoms with Gasteiger partial charge in [0.15, 0.2) is 0 Å². The van der Waals surface area contributed by atoms with E-state index < -0.39 is 0 Å². The van der Waals surface area contributed by atoms with Crippen LogP contribution in [0.2, 0.25) is 0 Å². The molecule has 0 spiro atoms. The Morgan fingerprint density at radius 1 is 1.38 bits per heavy atom. The average molecular weight is 422 g/mol. The van der Waals surface area contributed by atoms with Gasteiger partial charge in [-0.15, -0.1) is 34.9 Å². The van der Waals surface area contributed by atoms with E-state index in [4.69, 9.17) is 9.98 Å². The zero-order chi connectivity index (χ0) is 17.5. The van der Waals surface area contributed by atoms with E-state index in [-0.39, 0.29) is 23.5 Å². The molecule has 3 nitrogen and oxygen atoms in total. The third-order valence-corrected chi connectivity index (χ3v) is 12.6. The lowest BCUT2D eigenvalue weighted by atomic mass is 9.87. The van der Waals surface area contributed by atoms with Gasteiger partial charge in [-0.25, -0.2) is 0 Å². The molecule has 0 amide bonds. The van der Waals surface area contributed by atoms with Gasteiger partial charge in [0, 0.05) is 41.2 Å². The number of hydrogen-bond donors (Lipinski definition) is 2. The number of thiol groups is 1. The summed E-state index contributed by atoms with van der Waals surface area (Å²) in [6.45, 7) is 11.3. The largest absolute Gasteiger partial charge is 0.282 e. The molecule has 0 aromatic rings. The Labute approximate surface area is 165 Å². The molecular formula is C16H28N3PS4. The highest BCUT2D eigenvalue weighted by molar-refractivity contribution is 8.56. The lowest BCUT2D eigenvalue weighted by molar-refractivity contribution is 0.427. The fourth-order valence-electron chi connectivity index (χ4n) is 3.07. The minimum absolute atomic E-state index is 0.109. The normalized spacial score (nSPS) is 34.3. The summed E-state index contributed by atoms with van der Waals surface area (Å²) < 4.78 is 0. The maximum Gasteiger partial charge on any atom is 0.102 e. The average Bonchev–Trinajstić information content (AvgIpc) is 3.16. The second kappa shape index (κ2) is 7.63. The number of nitrogens with zero attached hydrogens (tertiary/aromatic N) is 2. The maximum atomic E-state index is 4.98. The van der Waals surface area contributed by atoms with Gasteiger partial charge in [-0.1, -0.05) is 13.8 Å². The van der Waals surface area contributed by atoms with Crippen LogP contribution in [0.15, 0.2) is 9.98 Å². The molecule has 1 fully saturated rings. The van der Waals surface area contributed by atoms with E-state index in [0.717, 1.165) is 11.5 Å². The molecule has 4 unspecified atom stereocenters. The molecule has 3 rings (SSSR count). The predicted octanol–water partition coefficient (Wildman–Crippen LogP) is 5.13. The summed E-state index contributed by atoms with van der Waals surface area (Å²) in [5.41, 5.74) is 0.276. The van der Waals surface area contributed by atoms with Crippen LogP contribution in [0.25, 0.3) is 0 Å². The number of hydrogen-bond acceptors (Lipinski definition) is 7. The summed E-state index contributed by atoms with van der Waals surface area (Å²) in [6, 6.07) is 0.584. The van der Waals surface area contributed by atoms with E-state index >= 15 is 0 Å². The van der Waals surface area contributed by atoms with Crippen LogP contribution in [0.3, 0.4) is 0 Å². The zero-order valence-electron chi connectivity index (χ0n) is 15.1. The van der Waals surface area contributed by atoms with Crippen LogP contribution < -0.4 is 5.09 Å². The Morgan fingerprint density at radius 2 is 2.12 bits per heavy atom. The summed E-state index contributed by atoms with van der Waals surface area (Å²) in [7, 11) is -0.243. The van der Waals surface area contributed by atoms with Gasteiger partial charge in [-0.2, -0.15) is 12.6 Å². The zero-order valence-corrected chi connectivity index (χ0v) is 19.3. The van der Waals surface area contributed by atoms with Crippen LogP contribution >= 0.6 is 54.8 Å². The molecule has 0 saturated carbocycles. The van der Waals surface area contributed by atoms with Crippen LogP contribution in [-0.4, -0.2) is 50.0 Å². The van der Waals surface area contributed by atoms with Gasteiger partial charge in [-0.3, -0.25) is 15.1 Å². The first-order valence-corrected chi connectivity index (χ1v) is 14.0. The topological polar surface area (TPSA) is 36.8 Å². The van der Waals surface area contributed by atoms with Crippen molar-refractivity contribution >= 4 is 64.9 Å². The molecule has 4 atom stereocenters. The fourth-order valence-corrected chi connectivity index (χ4v) is 11.1. The van der Waals surface area contributed by atoms with E-state index in [1.165, 1.54) is 22.3 Å². The van der Waals surface area contributed by atoms with E-state index in [1.807, 2.05) is 23.5 Å². The number of thioether (sulfide) groups is 2. The van der Waals surface area contributed by atoms with Crippen molar-refractivity contribution in [3.63, 3.8) is 0 Å². The first-order chi connectivity index (χ1) is 11.2. The highest BCUT2D eigenvalue weighted by Gasteiger charge is 2.40. The summed E-state index contributed by atoms with van der Waals surface area (Å²) in [6.07, 6.45) is 1.17. The molecule has 0 bridgehead atoms. The number of rotatable bonds is 5. The third kappa shape index (κ3) is 4.69. The van der Waals surface area contributed by atoms with Crippen molar-refractivity contribution in [2.24, 2.45) is 15.4 Å². The molecule has 1 saturated heterocycles. The molecule has 136 valence electrons. The van der Waals surface area contributed by atoms with Crippen LogP contribution in [0.4, 0.5) is 0 Å². The van der Waals surface area contributed by atoms with E-state index in [9.17, 15) is 0 Å². The van der Waals surface area contributed by atoms with Crippen molar-refractivity contribution in [3.05, 3.63) is 0 Å². The Kier molecular flexibility index (Phi) is 6.32. The van der Waals surface area contributed by atoms with Crippen molar-refractivity contribution in [3.8, 4) is 0 Å². The van der Waals surface area contributed by atoms with Crippen molar-refractivity contribution in [1.82, 2.24) is 5.09 Å². The van der Waals surface area contributed by atoms with Gasteiger partial charge in [0.05, 0.1) is 15.6 Å². The van der Waals surface area contributed by atoms with Gasteiger partial charge in [-0.05, 0) is 27.2 Å². The summed E-state index contributed by atoms with van der Waals surface area (Å²) >= 11 is 10.5. The third-order valence-electron chi connectivity index (χ3n) is 4.31. The predicted molar refractivity (Wildman–Crippen MR) is 121 cm³/mol. The SMILES string of the molecule is CC(S)C1=NC(P2NC(CC(C)(C)C3=NC(C)(C)CS3)CS2)CS1. The summed E-state index contributed by atoms with van der Waals surface area (Å²) in [5, 5.41) is 6.75. The van der Waals surface area contributed by atoms with E-state index in [2.05, 4.69) is 63.7 Å². The van der Waals surface area contributed by atoms with Gasteiger partial charge in [0.1, 0.15) is 5.78 Å². The lowest BCUT2D eigenvalue weighted by Crippen LogP contribution is -2.33. The number of aliphatic imine (C=N–C) groups is 2. The molecule has 24 heavy (non-hydrogen) atoms. The molecule has 3 aliphatic rings. The maximum absolute atomic E-state index is 4.98. The Morgan fingerprint density at radius 3 is 2.71 bits per heavy atom. The highest BCUT2D eigenvalue weighted by atomic mass is 32.7. The van der Waals surface area contributed by atoms with Crippen LogP contribution in [-0.2, 0) is 0 Å². The molecule has 3 heterocycles. The van der Waals surface area contributed by atoms with Crippen LogP contribution in [0.5, 0.6) is 0 Å². The molecule has 0 radical (unpaired) electrons. The second-order valence-electron chi connectivity index (χ2n) is 7.99. The summed E-state index contributed by atoms with van der Waals surface area (Å²) in [4.78, 5) is 9.89. The van der Waals surface area contributed by atoms with Gasteiger partial charge < -0.3 is 0 Å². The van der Waals surface area contributed by atoms with Crippen molar-refractivity contribution < 1.29 is 0 Å². The minimum atomic E-state index is -0.243. The Bertz CT molecular complexity index is 547. The minimum Gasteiger partial charge on any atom is -0.282 e. The van der Waals surface area contributed by atoms with Gasteiger partial charge in [0.25, 0.3) is 0 Å². The van der Waals surface area contributed by atoms with Crippen LogP contribution in [0, 0.1) is 5.41 Å². The van der Waals surface area contributed by atoms with E-state index in [1.54, 1.807) is 0 Å². The van der Waals surface area contributed by atoms with Crippen LogP contribution in [0.1, 0.15) is 41.0 Å².